The van der Waals surface area contributed by atoms with Crippen molar-refractivity contribution in [2.24, 2.45) is 0 Å². The van der Waals surface area contributed by atoms with Crippen molar-refractivity contribution >= 4 is 29.7 Å². The molecule has 0 atom stereocenters. The Balaban J connectivity index is 0.00000208. The van der Waals surface area contributed by atoms with E-state index in [9.17, 15) is 9.18 Å². The highest BCUT2D eigenvalue weighted by molar-refractivity contribution is 6.06. The number of ether oxygens (including phenoxy) is 1. The summed E-state index contributed by atoms with van der Waals surface area (Å²) in [6, 6.07) is 10.1. The largest absolute Gasteiger partial charge is 0.491 e. The minimum atomic E-state index is -0.485. The number of hydrogen-bond acceptors (Lipinski definition) is 3. The zero-order chi connectivity index (χ0) is 16.2. The standard InChI is InChI=1S/C18H19FN2O2.ClH/c1-2-23-17-9-8-12(11-15(17)19)21-18(22)14-5-3-7-16-13(14)6-4-10-20-16;/h3,5,7-9,11,20H,2,4,6,10H2,1H3,(H,21,22);1H. The second kappa shape index (κ2) is 8.02. The first-order valence-corrected chi connectivity index (χ1v) is 7.78. The summed E-state index contributed by atoms with van der Waals surface area (Å²) in [6.45, 7) is 3.11. The lowest BCUT2D eigenvalue weighted by molar-refractivity contribution is 0.102. The van der Waals surface area contributed by atoms with Crippen LogP contribution in [0.2, 0.25) is 0 Å². The van der Waals surface area contributed by atoms with Crippen molar-refractivity contribution in [3.8, 4) is 5.75 Å². The van der Waals surface area contributed by atoms with E-state index in [0.29, 0.717) is 17.9 Å². The molecule has 0 spiro atoms. The predicted molar refractivity (Wildman–Crippen MR) is 96.0 cm³/mol. The van der Waals surface area contributed by atoms with Crippen LogP contribution in [0.3, 0.4) is 0 Å². The summed E-state index contributed by atoms with van der Waals surface area (Å²) >= 11 is 0. The molecule has 2 aromatic carbocycles. The molecule has 2 aromatic rings. The van der Waals surface area contributed by atoms with Crippen LogP contribution in [0.4, 0.5) is 15.8 Å². The van der Waals surface area contributed by atoms with Gasteiger partial charge in [0.05, 0.1) is 6.61 Å². The van der Waals surface area contributed by atoms with Gasteiger partial charge in [-0.05, 0) is 49.6 Å². The number of carbonyl (C=O) groups excluding carboxylic acids is 1. The van der Waals surface area contributed by atoms with E-state index in [-0.39, 0.29) is 24.1 Å². The SMILES string of the molecule is CCOc1ccc(NC(=O)c2cccc3c2CCCN3)cc1F.Cl. The highest BCUT2D eigenvalue weighted by Crippen LogP contribution is 2.27. The number of benzene rings is 2. The van der Waals surface area contributed by atoms with Crippen LogP contribution in [0.5, 0.6) is 5.75 Å². The molecule has 0 saturated carbocycles. The predicted octanol–water partition coefficient (Wildman–Crippen LogP) is 4.26. The first-order chi connectivity index (χ1) is 11.2. The molecule has 24 heavy (non-hydrogen) atoms. The number of nitrogens with one attached hydrogen (secondary N) is 2. The fourth-order valence-electron chi connectivity index (χ4n) is 2.77. The molecule has 0 aliphatic carbocycles. The molecule has 1 amide bonds. The Morgan fingerprint density at radius 2 is 2.17 bits per heavy atom. The minimum Gasteiger partial charge on any atom is -0.491 e. The maximum Gasteiger partial charge on any atom is 0.256 e. The van der Waals surface area contributed by atoms with Crippen LogP contribution < -0.4 is 15.4 Å². The van der Waals surface area contributed by atoms with E-state index in [2.05, 4.69) is 10.6 Å². The Hall–Kier alpha value is -2.27. The van der Waals surface area contributed by atoms with E-state index < -0.39 is 5.82 Å². The van der Waals surface area contributed by atoms with Crippen molar-refractivity contribution in [2.45, 2.75) is 19.8 Å². The third-order valence-electron chi connectivity index (χ3n) is 3.83. The van der Waals surface area contributed by atoms with E-state index in [1.807, 2.05) is 12.1 Å². The third kappa shape index (κ3) is 3.79. The summed E-state index contributed by atoms with van der Waals surface area (Å²) in [5.41, 5.74) is 3.06. The number of carbonyl (C=O) groups is 1. The second-order valence-corrected chi connectivity index (χ2v) is 5.39. The fraction of sp³-hybridized carbons (Fsp3) is 0.278. The third-order valence-corrected chi connectivity index (χ3v) is 3.83. The fourth-order valence-corrected chi connectivity index (χ4v) is 2.77. The van der Waals surface area contributed by atoms with Crippen LogP contribution in [0.25, 0.3) is 0 Å². The molecule has 0 radical (unpaired) electrons. The van der Waals surface area contributed by atoms with Crippen molar-refractivity contribution < 1.29 is 13.9 Å². The van der Waals surface area contributed by atoms with Gasteiger partial charge >= 0.3 is 0 Å². The Bertz CT molecular complexity index is 737. The van der Waals surface area contributed by atoms with Gasteiger partial charge in [-0.2, -0.15) is 0 Å². The monoisotopic (exact) mass is 350 g/mol. The molecular weight excluding hydrogens is 331 g/mol. The normalized spacial score (nSPS) is 12.4. The van der Waals surface area contributed by atoms with Crippen molar-refractivity contribution in [3.63, 3.8) is 0 Å². The number of fused-ring (bicyclic) bond motifs is 1. The molecule has 0 unspecified atom stereocenters. The highest BCUT2D eigenvalue weighted by Gasteiger charge is 2.17. The van der Waals surface area contributed by atoms with Crippen LogP contribution in [0.1, 0.15) is 29.3 Å². The van der Waals surface area contributed by atoms with Gasteiger partial charge < -0.3 is 15.4 Å². The van der Waals surface area contributed by atoms with E-state index in [1.54, 1.807) is 19.1 Å². The first kappa shape index (κ1) is 18.1. The quantitative estimate of drug-likeness (QED) is 0.866. The summed E-state index contributed by atoms with van der Waals surface area (Å²) in [5, 5.41) is 6.05. The molecule has 3 rings (SSSR count). The second-order valence-electron chi connectivity index (χ2n) is 5.39. The van der Waals surface area contributed by atoms with E-state index in [0.717, 1.165) is 30.6 Å². The summed E-state index contributed by atoms with van der Waals surface area (Å²) in [5.74, 6) is -0.526. The maximum atomic E-state index is 13.9. The zero-order valence-electron chi connectivity index (χ0n) is 13.4. The Labute approximate surface area is 146 Å². The van der Waals surface area contributed by atoms with Crippen molar-refractivity contribution in [2.75, 3.05) is 23.8 Å². The molecule has 1 aliphatic rings. The summed E-state index contributed by atoms with van der Waals surface area (Å²) < 4.78 is 19.0. The molecular formula is C18H20ClFN2O2. The lowest BCUT2D eigenvalue weighted by atomic mass is 9.97. The van der Waals surface area contributed by atoms with Gasteiger partial charge in [0.15, 0.2) is 11.6 Å². The molecule has 0 fully saturated rings. The molecule has 0 saturated heterocycles. The van der Waals surface area contributed by atoms with Gasteiger partial charge in [0.25, 0.3) is 5.91 Å². The number of amides is 1. The number of rotatable bonds is 4. The van der Waals surface area contributed by atoms with Gasteiger partial charge in [0, 0.05) is 29.5 Å². The Morgan fingerprint density at radius 3 is 2.92 bits per heavy atom. The topological polar surface area (TPSA) is 50.4 Å². The molecule has 2 N–H and O–H groups in total. The molecule has 1 aliphatic heterocycles. The molecule has 4 nitrogen and oxygen atoms in total. The number of anilines is 2. The van der Waals surface area contributed by atoms with Crippen LogP contribution in [-0.4, -0.2) is 19.1 Å². The first-order valence-electron chi connectivity index (χ1n) is 7.78. The van der Waals surface area contributed by atoms with Gasteiger partial charge in [-0.3, -0.25) is 4.79 Å². The van der Waals surface area contributed by atoms with Crippen molar-refractivity contribution in [3.05, 3.63) is 53.3 Å². The molecule has 0 bridgehead atoms. The van der Waals surface area contributed by atoms with Crippen molar-refractivity contribution in [1.29, 1.82) is 0 Å². The van der Waals surface area contributed by atoms with Gasteiger partial charge in [-0.15, -0.1) is 12.4 Å². The summed E-state index contributed by atoms with van der Waals surface area (Å²) in [4.78, 5) is 12.5. The van der Waals surface area contributed by atoms with Crippen LogP contribution in [-0.2, 0) is 6.42 Å². The van der Waals surface area contributed by atoms with Crippen molar-refractivity contribution in [1.82, 2.24) is 0 Å². The average molecular weight is 351 g/mol. The summed E-state index contributed by atoms with van der Waals surface area (Å²) in [6.07, 6.45) is 1.86. The van der Waals surface area contributed by atoms with Gasteiger partial charge in [0.1, 0.15) is 0 Å². The van der Waals surface area contributed by atoms with E-state index in [4.69, 9.17) is 4.74 Å². The Morgan fingerprint density at radius 1 is 1.33 bits per heavy atom. The van der Waals surface area contributed by atoms with E-state index >= 15 is 0 Å². The number of halogens is 2. The van der Waals surface area contributed by atoms with Gasteiger partial charge in [0.2, 0.25) is 0 Å². The molecule has 1 heterocycles. The van der Waals surface area contributed by atoms with Crippen LogP contribution in [0.15, 0.2) is 36.4 Å². The molecule has 6 heteroatoms. The zero-order valence-corrected chi connectivity index (χ0v) is 14.2. The maximum absolute atomic E-state index is 13.9. The lowest BCUT2D eigenvalue weighted by Crippen LogP contribution is -2.19. The Kier molecular flexibility index (Phi) is 6.04. The molecule has 0 aromatic heterocycles. The van der Waals surface area contributed by atoms with Gasteiger partial charge in [-0.25, -0.2) is 4.39 Å². The lowest BCUT2D eigenvalue weighted by Gasteiger charge is -2.20. The number of hydrogen-bond donors (Lipinski definition) is 2. The summed E-state index contributed by atoms with van der Waals surface area (Å²) in [7, 11) is 0. The smallest absolute Gasteiger partial charge is 0.256 e. The van der Waals surface area contributed by atoms with Gasteiger partial charge in [-0.1, -0.05) is 6.07 Å². The highest BCUT2D eigenvalue weighted by atomic mass is 35.5. The molecule has 128 valence electrons. The average Bonchev–Trinajstić information content (AvgIpc) is 2.57. The van der Waals surface area contributed by atoms with Crippen LogP contribution >= 0.6 is 12.4 Å². The van der Waals surface area contributed by atoms with E-state index in [1.165, 1.54) is 12.1 Å². The van der Waals surface area contributed by atoms with Crippen LogP contribution in [0, 0.1) is 5.82 Å². The minimum absolute atomic E-state index is 0.